The summed E-state index contributed by atoms with van der Waals surface area (Å²) in [7, 11) is -0.200. The van der Waals surface area contributed by atoms with Crippen LogP contribution in [0.3, 0.4) is 0 Å². The Labute approximate surface area is 171 Å². The van der Waals surface area contributed by atoms with Crippen molar-refractivity contribution < 1.29 is 22.9 Å². The lowest BCUT2D eigenvalue weighted by Gasteiger charge is -2.39. The lowest BCUT2D eigenvalue weighted by molar-refractivity contribution is -0.157. The number of carbonyl (C=O) groups excluding carboxylic acids is 1. The van der Waals surface area contributed by atoms with Gasteiger partial charge in [0.25, 0.3) is 0 Å². The van der Waals surface area contributed by atoms with Crippen LogP contribution in [0.15, 0.2) is 18.2 Å². The molecule has 0 aliphatic heterocycles. The molecule has 0 aromatic heterocycles. The number of ether oxygens (including phenoxy) is 2. The molecular weight excluding hydrogens is 381 g/mol. The van der Waals surface area contributed by atoms with Crippen LogP contribution in [0.25, 0.3) is 0 Å². The first kappa shape index (κ1) is 24.6. The van der Waals surface area contributed by atoms with Gasteiger partial charge in [-0.15, -0.1) is 0 Å². The molecule has 160 valence electrons. The first-order valence-electron chi connectivity index (χ1n) is 9.37. The molecule has 5 nitrogen and oxygen atoms in total. The van der Waals surface area contributed by atoms with Gasteiger partial charge in [0.1, 0.15) is 11.6 Å². The van der Waals surface area contributed by atoms with E-state index < -0.39 is 44.6 Å². The fourth-order valence-electron chi connectivity index (χ4n) is 2.80. The van der Waals surface area contributed by atoms with Gasteiger partial charge in [0.05, 0.1) is 28.9 Å². The van der Waals surface area contributed by atoms with E-state index in [1.165, 1.54) is 19.2 Å². The Balaban J connectivity index is 3.72. The molecule has 0 aliphatic carbocycles. The van der Waals surface area contributed by atoms with Gasteiger partial charge in [-0.2, -0.15) is 0 Å². The van der Waals surface area contributed by atoms with E-state index in [2.05, 4.69) is 4.72 Å². The summed E-state index contributed by atoms with van der Waals surface area (Å²) in [6.45, 7) is 14.6. The molecule has 1 rings (SSSR count). The summed E-state index contributed by atoms with van der Waals surface area (Å²) in [6.07, 6.45) is -0.214. The van der Waals surface area contributed by atoms with Crippen LogP contribution < -0.4 is 9.46 Å². The van der Waals surface area contributed by atoms with Gasteiger partial charge >= 0.3 is 5.97 Å². The quantitative estimate of drug-likeness (QED) is 0.668. The number of esters is 1. The maximum atomic E-state index is 15.1. The summed E-state index contributed by atoms with van der Waals surface area (Å²) in [5.41, 5.74) is -1.92. The Morgan fingerprint density at radius 3 is 2.14 bits per heavy atom. The Hall–Kier alpha value is -1.47. The largest absolute Gasteiger partial charge is 0.497 e. The van der Waals surface area contributed by atoms with Gasteiger partial charge in [-0.1, -0.05) is 20.8 Å². The van der Waals surface area contributed by atoms with Crippen molar-refractivity contribution in [3.63, 3.8) is 0 Å². The van der Waals surface area contributed by atoms with Gasteiger partial charge in [-0.3, -0.25) is 0 Å². The number of rotatable bonds is 7. The van der Waals surface area contributed by atoms with E-state index in [1.807, 2.05) is 20.8 Å². The third kappa shape index (κ3) is 6.27. The van der Waals surface area contributed by atoms with Crippen molar-refractivity contribution in [3.8, 4) is 5.75 Å². The van der Waals surface area contributed by atoms with Gasteiger partial charge < -0.3 is 9.47 Å². The van der Waals surface area contributed by atoms with Crippen LogP contribution in [0, 0.1) is 11.2 Å². The molecule has 0 amide bonds. The minimum atomic E-state index is -1.64. The topological polar surface area (TPSA) is 64.6 Å². The summed E-state index contributed by atoms with van der Waals surface area (Å²) < 4.78 is 41.0. The molecule has 0 saturated heterocycles. The summed E-state index contributed by atoms with van der Waals surface area (Å²) in [5.74, 6) is -0.943. The number of carbonyl (C=O) groups is 1. The van der Waals surface area contributed by atoms with Crippen LogP contribution in [0.1, 0.15) is 67.4 Å². The zero-order valence-corrected chi connectivity index (χ0v) is 19.3. The molecule has 0 bridgehead atoms. The fourth-order valence-corrected chi connectivity index (χ4v) is 3.69. The first-order valence-corrected chi connectivity index (χ1v) is 10.5. The molecule has 0 aliphatic rings. The van der Waals surface area contributed by atoms with Crippen LogP contribution in [0.4, 0.5) is 4.39 Å². The van der Waals surface area contributed by atoms with Crippen molar-refractivity contribution in [1.82, 2.24) is 4.72 Å². The lowest BCUT2D eigenvalue weighted by atomic mass is 9.76. The summed E-state index contributed by atoms with van der Waals surface area (Å²) in [5, 5.41) is 0. The molecule has 0 unspecified atom stereocenters. The Kier molecular flexibility index (Phi) is 7.81. The molecule has 1 N–H and O–H groups in total. The Bertz CT molecular complexity index is 722. The summed E-state index contributed by atoms with van der Waals surface area (Å²) in [6, 6.07) is 4.30. The third-order valence-corrected chi connectivity index (χ3v) is 5.59. The van der Waals surface area contributed by atoms with E-state index in [0.29, 0.717) is 5.75 Å². The zero-order chi connectivity index (χ0) is 21.9. The van der Waals surface area contributed by atoms with Crippen molar-refractivity contribution in [2.75, 3.05) is 7.11 Å². The molecule has 1 aromatic carbocycles. The van der Waals surface area contributed by atoms with Crippen molar-refractivity contribution in [3.05, 3.63) is 29.6 Å². The van der Waals surface area contributed by atoms with Gasteiger partial charge in [-0.05, 0) is 58.6 Å². The minimum absolute atomic E-state index is 0.0893. The number of benzene rings is 1. The highest BCUT2D eigenvalue weighted by atomic mass is 32.2. The van der Waals surface area contributed by atoms with Crippen molar-refractivity contribution in [1.29, 1.82) is 0 Å². The summed E-state index contributed by atoms with van der Waals surface area (Å²) >= 11 is 0. The molecule has 1 aromatic rings. The van der Waals surface area contributed by atoms with Gasteiger partial charge in [0.2, 0.25) is 0 Å². The number of halogens is 1. The van der Waals surface area contributed by atoms with Crippen LogP contribution in [-0.2, 0) is 26.1 Å². The van der Waals surface area contributed by atoms with Crippen LogP contribution >= 0.6 is 0 Å². The molecule has 0 heterocycles. The van der Waals surface area contributed by atoms with Gasteiger partial charge in [0, 0.05) is 11.6 Å². The van der Waals surface area contributed by atoms with E-state index in [1.54, 1.807) is 40.7 Å². The Morgan fingerprint density at radius 1 is 1.18 bits per heavy atom. The average Bonchev–Trinajstić information content (AvgIpc) is 2.50. The first-order chi connectivity index (χ1) is 12.6. The van der Waals surface area contributed by atoms with Gasteiger partial charge in [0.15, 0.2) is 5.54 Å². The number of hydrogen-bond donors (Lipinski definition) is 1. The van der Waals surface area contributed by atoms with E-state index in [4.69, 9.17) is 9.47 Å². The second-order valence-electron chi connectivity index (χ2n) is 9.43. The van der Waals surface area contributed by atoms with E-state index in [0.717, 1.165) is 0 Å². The highest BCUT2D eigenvalue weighted by Crippen LogP contribution is 2.39. The lowest BCUT2D eigenvalue weighted by Crippen LogP contribution is -2.56. The molecule has 2 atom stereocenters. The molecule has 0 spiro atoms. The molecule has 7 heteroatoms. The fraction of sp³-hybridized carbons (Fsp3) is 0.667. The second-order valence-corrected chi connectivity index (χ2v) is 11.4. The Morgan fingerprint density at radius 2 is 1.75 bits per heavy atom. The van der Waals surface area contributed by atoms with Crippen molar-refractivity contribution >= 4 is 17.0 Å². The number of hydrogen-bond acceptors (Lipinski definition) is 4. The van der Waals surface area contributed by atoms with Crippen molar-refractivity contribution in [2.24, 2.45) is 5.41 Å². The molecule has 0 fully saturated rings. The van der Waals surface area contributed by atoms with E-state index in [-0.39, 0.29) is 12.0 Å². The SMILES string of the molecule is COc1ccc([C@@](CC(C)(C)C)(N[S@@](=O)C(C)(C)C)C(=O)OC(C)C)c(F)c1. The van der Waals surface area contributed by atoms with Crippen molar-refractivity contribution in [2.45, 2.75) is 78.2 Å². The average molecular weight is 416 g/mol. The normalized spacial score (nSPS) is 15.8. The predicted molar refractivity (Wildman–Crippen MR) is 111 cm³/mol. The minimum Gasteiger partial charge on any atom is -0.497 e. The predicted octanol–water partition coefficient (Wildman–Crippen LogP) is 4.47. The maximum Gasteiger partial charge on any atom is 0.332 e. The summed E-state index contributed by atoms with van der Waals surface area (Å²) in [4.78, 5) is 13.3. The standard InChI is InChI=1S/C21H34FNO4S/c1-14(2)27-18(24)21(13-19(3,4)5,23-28(25)20(6,7)8)16-11-10-15(26-9)12-17(16)22/h10-12,14,23H,13H2,1-9H3/t21-,28+/m1/s1. The zero-order valence-electron chi connectivity index (χ0n) is 18.4. The van der Waals surface area contributed by atoms with Crippen LogP contribution in [-0.4, -0.2) is 28.1 Å². The third-order valence-electron chi connectivity index (χ3n) is 3.95. The molecule has 0 saturated carbocycles. The second kappa shape index (κ2) is 8.91. The van der Waals surface area contributed by atoms with Gasteiger partial charge in [-0.25, -0.2) is 18.1 Å². The smallest absolute Gasteiger partial charge is 0.332 e. The highest BCUT2D eigenvalue weighted by Gasteiger charge is 2.49. The highest BCUT2D eigenvalue weighted by molar-refractivity contribution is 7.84. The maximum absolute atomic E-state index is 15.1. The number of nitrogens with one attached hydrogen (secondary N) is 1. The van der Waals surface area contributed by atoms with Crippen LogP contribution in [0.5, 0.6) is 5.75 Å². The molecule has 0 radical (unpaired) electrons. The van der Waals surface area contributed by atoms with E-state index >= 15 is 4.39 Å². The molecule has 28 heavy (non-hydrogen) atoms. The monoisotopic (exact) mass is 415 g/mol. The number of methoxy groups -OCH3 is 1. The molecular formula is C21H34FNO4S. The van der Waals surface area contributed by atoms with Crippen LogP contribution in [0.2, 0.25) is 0 Å². The van der Waals surface area contributed by atoms with E-state index in [9.17, 15) is 9.00 Å².